The number of carboxylic acid groups (broad SMARTS) is 1. The summed E-state index contributed by atoms with van der Waals surface area (Å²) in [5, 5.41) is 11.5. The quantitative estimate of drug-likeness (QED) is 0.905. The van der Waals surface area contributed by atoms with Crippen LogP contribution in [0.15, 0.2) is 36.7 Å². The largest absolute Gasteiger partial charge is 0.478 e. The van der Waals surface area contributed by atoms with Gasteiger partial charge in [-0.25, -0.2) is 9.78 Å². The summed E-state index contributed by atoms with van der Waals surface area (Å²) in [7, 11) is 0. The van der Waals surface area contributed by atoms with Crippen LogP contribution in [0, 0.1) is 0 Å². The highest BCUT2D eigenvalue weighted by Crippen LogP contribution is 2.30. The van der Waals surface area contributed by atoms with E-state index in [1.54, 1.807) is 6.07 Å². The summed E-state index contributed by atoms with van der Waals surface area (Å²) >= 11 is 0. The minimum Gasteiger partial charge on any atom is -0.478 e. The number of alkyl halides is 3. The number of nitrogens with zero attached hydrogens (tertiary/aromatic N) is 2. The summed E-state index contributed by atoms with van der Waals surface area (Å²) < 4.78 is 37.8. The number of nitrogens with one attached hydrogen (secondary N) is 1. The Balaban J connectivity index is 2.45. The Kier molecular flexibility index (Phi) is 3.55. The maximum absolute atomic E-state index is 12.6. The highest BCUT2D eigenvalue weighted by Gasteiger charge is 2.33. The molecule has 104 valence electrons. The molecule has 0 fully saturated rings. The van der Waals surface area contributed by atoms with E-state index >= 15 is 0 Å². The van der Waals surface area contributed by atoms with Crippen LogP contribution in [0.2, 0.25) is 0 Å². The molecule has 0 spiro atoms. The smallest absolute Gasteiger partial charge is 0.433 e. The van der Waals surface area contributed by atoms with Crippen molar-refractivity contribution in [2.45, 2.75) is 6.18 Å². The van der Waals surface area contributed by atoms with Gasteiger partial charge in [0.15, 0.2) is 0 Å². The molecule has 2 rings (SSSR count). The monoisotopic (exact) mass is 283 g/mol. The van der Waals surface area contributed by atoms with Crippen molar-refractivity contribution in [3.63, 3.8) is 0 Å². The van der Waals surface area contributed by atoms with Gasteiger partial charge < -0.3 is 10.4 Å². The molecule has 0 bridgehead atoms. The van der Waals surface area contributed by atoms with Crippen LogP contribution in [0.25, 0.3) is 0 Å². The molecule has 0 aliphatic heterocycles. The molecule has 0 unspecified atom stereocenters. The van der Waals surface area contributed by atoms with Gasteiger partial charge in [0.1, 0.15) is 17.1 Å². The minimum absolute atomic E-state index is 0.335. The van der Waals surface area contributed by atoms with Crippen LogP contribution >= 0.6 is 0 Å². The van der Waals surface area contributed by atoms with Gasteiger partial charge in [-0.3, -0.25) is 4.98 Å². The van der Waals surface area contributed by atoms with Gasteiger partial charge in [0, 0.05) is 6.20 Å². The third-order valence-corrected chi connectivity index (χ3v) is 2.34. The number of aromatic carboxylic acids is 1. The standard InChI is InChI=1S/C12H8F3N3O2/c13-12(14,15)9-4-3-8(11(19)20)10(18-9)17-7-2-1-5-16-6-7/h1-6H,(H,17,18)(H,19,20). The number of carbonyl (C=O) groups is 1. The average Bonchev–Trinajstić information content (AvgIpc) is 2.38. The number of pyridine rings is 2. The Morgan fingerprint density at radius 1 is 1.25 bits per heavy atom. The molecule has 20 heavy (non-hydrogen) atoms. The van der Waals surface area contributed by atoms with Crippen molar-refractivity contribution in [1.82, 2.24) is 9.97 Å². The first-order chi connectivity index (χ1) is 9.38. The predicted octanol–water partition coefficient (Wildman–Crippen LogP) is 2.94. The first kappa shape index (κ1) is 13.8. The Hall–Kier alpha value is -2.64. The molecule has 2 heterocycles. The highest BCUT2D eigenvalue weighted by molar-refractivity contribution is 5.94. The number of carboxylic acids is 1. The lowest BCUT2D eigenvalue weighted by atomic mass is 10.2. The summed E-state index contributed by atoms with van der Waals surface area (Å²) in [5.41, 5.74) is -1.20. The van der Waals surface area contributed by atoms with Gasteiger partial charge >= 0.3 is 12.1 Å². The molecule has 0 amide bonds. The first-order valence-corrected chi connectivity index (χ1v) is 5.36. The van der Waals surface area contributed by atoms with E-state index in [0.717, 1.165) is 6.07 Å². The van der Waals surface area contributed by atoms with Gasteiger partial charge in [-0.2, -0.15) is 13.2 Å². The van der Waals surface area contributed by atoms with Crippen LogP contribution < -0.4 is 5.32 Å². The summed E-state index contributed by atoms with van der Waals surface area (Å²) in [6.45, 7) is 0. The first-order valence-electron chi connectivity index (χ1n) is 5.36. The van der Waals surface area contributed by atoms with E-state index in [4.69, 9.17) is 5.11 Å². The van der Waals surface area contributed by atoms with E-state index in [2.05, 4.69) is 15.3 Å². The van der Waals surface area contributed by atoms with Crippen LogP contribution in [0.3, 0.4) is 0 Å². The molecule has 0 radical (unpaired) electrons. The second-order valence-electron chi connectivity index (χ2n) is 3.76. The molecule has 0 atom stereocenters. The zero-order valence-electron chi connectivity index (χ0n) is 9.85. The lowest BCUT2D eigenvalue weighted by Crippen LogP contribution is -2.12. The van der Waals surface area contributed by atoms with E-state index in [0.29, 0.717) is 11.8 Å². The molecular weight excluding hydrogens is 275 g/mol. The maximum atomic E-state index is 12.6. The van der Waals surface area contributed by atoms with Crippen LogP contribution in [0.4, 0.5) is 24.7 Å². The van der Waals surface area contributed by atoms with Crippen molar-refractivity contribution < 1.29 is 23.1 Å². The van der Waals surface area contributed by atoms with E-state index in [-0.39, 0.29) is 11.4 Å². The molecule has 0 aromatic carbocycles. The predicted molar refractivity (Wildman–Crippen MR) is 63.7 cm³/mol. The van der Waals surface area contributed by atoms with E-state index < -0.39 is 17.8 Å². The topological polar surface area (TPSA) is 75.1 Å². The van der Waals surface area contributed by atoms with Gasteiger partial charge in [0.05, 0.1) is 11.9 Å². The number of hydrogen-bond donors (Lipinski definition) is 2. The van der Waals surface area contributed by atoms with Crippen LogP contribution in [-0.2, 0) is 6.18 Å². The fraction of sp³-hybridized carbons (Fsp3) is 0.0833. The molecule has 2 N–H and O–H groups in total. The number of anilines is 2. The van der Waals surface area contributed by atoms with E-state index in [9.17, 15) is 18.0 Å². The molecule has 0 saturated heterocycles. The summed E-state index contributed by atoms with van der Waals surface area (Å²) in [4.78, 5) is 18.1. The molecule has 0 saturated carbocycles. The van der Waals surface area contributed by atoms with Crippen molar-refractivity contribution in [2.75, 3.05) is 5.32 Å². The molecular formula is C12H8F3N3O2. The molecule has 2 aromatic rings. The maximum Gasteiger partial charge on any atom is 0.433 e. The lowest BCUT2D eigenvalue weighted by Gasteiger charge is -2.11. The van der Waals surface area contributed by atoms with Gasteiger partial charge in [0.25, 0.3) is 0 Å². The molecule has 0 aliphatic rings. The third-order valence-electron chi connectivity index (χ3n) is 2.34. The zero-order chi connectivity index (χ0) is 14.8. The normalized spacial score (nSPS) is 11.2. The van der Waals surface area contributed by atoms with E-state index in [1.165, 1.54) is 18.5 Å². The van der Waals surface area contributed by atoms with E-state index in [1.807, 2.05) is 0 Å². The Labute approximate surface area is 111 Å². The number of halogens is 3. The van der Waals surface area contributed by atoms with Crippen LogP contribution in [-0.4, -0.2) is 21.0 Å². The zero-order valence-corrected chi connectivity index (χ0v) is 9.85. The number of hydrogen-bond acceptors (Lipinski definition) is 4. The number of rotatable bonds is 3. The average molecular weight is 283 g/mol. The van der Waals surface area contributed by atoms with Crippen molar-refractivity contribution in [2.24, 2.45) is 0 Å². The molecule has 0 aliphatic carbocycles. The Bertz CT molecular complexity index is 630. The Morgan fingerprint density at radius 3 is 2.55 bits per heavy atom. The van der Waals surface area contributed by atoms with Gasteiger partial charge in [0.2, 0.25) is 0 Å². The highest BCUT2D eigenvalue weighted by atomic mass is 19.4. The second kappa shape index (κ2) is 5.16. The van der Waals surface area contributed by atoms with Crippen LogP contribution in [0.1, 0.15) is 16.1 Å². The minimum atomic E-state index is -4.65. The van der Waals surface area contributed by atoms with Crippen molar-refractivity contribution in [1.29, 1.82) is 0 Å². The SMILES string of the molecule is O=C(O)c1ccc(C(F)(F)F)nc1Nc1cccnc1. The number of aromatic nitrogens is 2. The molecule has 2 aromatic heterocycles. The summed E-state index contributed by atoms with van der Waals surface area (Å²) in [5.74, 6) is -1.77. The van der Waals surface area contributed by atoms with Crippen molar-refractivity contribution in [3.05, 3.63) is 47.9 Å². The van der Waals surface area contributed by atoms with Gasteiger partial charge in [-0.05, 0) is 24.3 Å². The summed E-state index contributed by atoms with van der Waals surface area (Å²) in [6, 6.07) is 4.56. The lowest BCUT2D eigenvalue weighted by molar-refractivity contribution is -0.141. The fourth-order valence-corrected chi connectivity index (χ4v) is 1.46. The van der Waals surface area contributed by atoms with Crippen molar-refractivity contribution in [3.8, 4) is 0 Å². The Morgan fingerprint density at radius 2 is 2.00 bits per heavy atom. The third kappa shape index (κ3) is 3.02. The molecule has 8 heteroatoms. The van der Waals surface area contributed by atoms with Gasteiger partial charge in [-0.1, -0.05) is 0 Å². The fourth-order valence-electron chi connectivity index (χ4n) is 1.46. The summed E-state index contributed by atoms with van der Waals surface area (Å²) in [6.07, 6.45) is -1.83. The molecule has 5 nitrogen and oxygen atoms in total. The second-order valence-corrected chi connectivity index (χ2v) is 3.76. The van der Waals surface area contributed by atoms with Crippen molar-refractivity contribution >= 4 is 17.5 Å². The van der Waals surface area contributed by atoms with Crippen LogP contribution in [0.5, 0.6) is 0 Å². The van der Waals surface area contributed by atoms with Gasteiger partial charge in [-0.15, -0.1) is 0 Å².